The van der Waals surface area contributed by atoms with E-state index in [2.05, 4.69) is 0 Å². The van der Waals surface area contributed by atoms with Gasteiger partial charge in [0.25, 0.3) is 0 Å². The van der Waals surface area contributed by atoms with Crippen LogP contribution in [0.2, 0.25) is 0 Å². The molecule has 12 aromatic carbocycles. The van der Waals surface area contributed by atoms with Crippen molar-refractivity contribution in [3.8, 4) is 44.5 Å². The molecule has 0 aromatic heterocycles. The van der Waals surface area contributed by atoms with E-state index >= 15 is 0 Å². The van der Waals surface area contributed by atoms with Crippen LogP contribution in [0.1, 0.15) is 43.9 Å². The van der Waals surface area contributed by atoms with Crippen LogP contribution in [0.3, 0.4) is 0 Å². The number of fused-ring (bicyclic) bond motifs is 1. The molecule has 0 saturated heterocycles. The Kier molecular flexibility index (Phi) is 2.55. The van der Waals surface area contributed by atoms with Crippen molar-refractivity contribution in [2.75, 3.05) is 0 Å². The van der Waals surface area contributed by atoms with E-state index in [1.165, 1.54) is 0 Å². The second-order valence-electron chi connectivity index (χ2n) is 12.2. The first kappa shape index (κ1) is 12.3. The lowest BCUT2D eigenvalue weighted by Crippen LogP contribution is -1.90. The summed E-state index contributed by atoms with van der Waals surface area (Å²) in [6, 6.07) is -29.9. The molecule has 0 radical (unpaired) electrons. The summed E-state index contributed by atoms with van der Waals surface area (Å²) in [7, 11) is 0. The summed E-state index contributed by atoms with van der Waals surface area (Å²) in [6.07, 6.45) is 0. The molecule has 0 unspecified atom stereocenters. The van der Waals surface area contributed by atoms with Crippen LogP contribution in [0, 0.1) is 0 Å². The molecule has 0 bridgehead atoms. The van der Waals surface area contributed by atoms with Crippen LogP contribution in [0.5, 0.6) is 0 Å². The van der Waals surface area contributed by atoms with E-state index in [1.54, 1.807) is 0 Å². The standard InChI is InChI=1S/C54H32/c1-2-6-42-29-43(20-13-33(42)5-1)45-30-44(31-46(32-45)48-26-22-41-19-17-37-8-4-10-39-24-28-50(48)54(41)52(37)39)34-11-14-35(15-12-34)47-25-21-40-18-16-36-7-3-9-38-23-27-49(47)53(40)51(36)38/h1-32H/i1D,2D,3D,4D,5D,6D,7D,8D,9D,10D,11D,12D,13D,14D,15D,16D,17D,18D,19D,20D,21D,22D,23D,24D,25D,26D,27D,28D,29D,30D,31D,32D. The first-order valence-corrected chi connectivity index (χ1v) is 16.2. The van der Waals surface area contributed by atoms with E-state index in [0.717, 1.165) is 0 Å². The summed E-state index contributed by atoms with van der Waals surface area (Å²) < 4.78 is 294. The molecule has 0 aliphatic rings. The third kappa shape index (κ3) is 4.38. The maximum atomic E-state index is 10.1. The summed E-state index contributed by atoms with van der Waals surface area (Å²) >= 11 is 0. The van der Waals surface area contributed by atoms with Gasteiger partial charge in [-0.3, -0.25) is 0 Å². The van der Waals surface area contributed by atoms with Crippen molar-refractivity contribution in [1.29, 1.82) is 0 Å². The van der Waals surface area contributed by atoms with E-state index in [1.807, 2.05) is 0 Å². The third-order valence-electron chi connectivity index (χ3n) is 9.25. The first-order valence-electron chi connectivity index (χ1n) is 32.2. The van der Waals surface area contributed by atoms with E-state index in [4.69, 9.17) is 21.9 Å². The van der Waals surface area contributed by atoms with Gasteiger partial charge in [-0.2, -0.15) is 0 Å². The Morgan fingerprint density at radius 3 is 1.20 bits per heavy atom. The van der Waals surface area contributed by atoms with Gasteiger partial charge in [-0.25, -0.2) is 0 Å². The minimum Gasteiger partial charge on any atom is -0.0616 e. The van der Waals surface area contributed by atoms with Gasteiger partial charge in [0.05, 0.1) is 43.9 Å². The van der Waals surface area contributed by atoms with Gasteiger partial charge in [0.1, 0.15) is 0 Å². The Hall–Kier alpha value is -7.02. The van der Waals surface area contributed by atoms with E-state index in [0.29, 0.717) is 0 Å². The fourth-order valence-corrected chi connectivity index (χ4v) is 6.81. The number of hydrogen-bond acceptors (Lipinski definition) is 0. The number of rotatable bonds is 4. The lowest BCUT2D eigenvalue weighted by atomic mass is 9.87. The van der Waals surface area contributed by atoms with Gasteiger partial charge < -0.3 is 0 Å². The first-order chi connectivity index (χ1) is 40.1. The van der Waals surface area contributed by atoms with Crippen LogP contribution in [-0.4, -0.2) is 0 Å². The summed E-state index contributed by atoms with van der Waals surface area (Å²) in [4.78, 5) is 0. The van der Waals surface area contributed by atoms with E-state index in [9.17, 15) is 21.9 Å². The van der Waals surface area contributed by atoms with E-state index < -0.39 is 297 Å². The van der Waals surface area contributed by atoms with Crippen molar-refractivity contribution in [3.63, 3.8) is 0 Å². The van der Waals surface area contributed by atoms with Gasteiger partial charge in [-0.1, -0.05) is 169 Å². The third-order valence-corrected chi connectivity index (χ3v) is 9.25. The highest BCUT2D eigenvalue weighted by Crippen LogP contribution is 2.43. The van der Waals surface area contributed by atoms with Gasteiger partial charge in [0, 0.05) is 0 Å². The SMILES string of the molecule is [2H]c1c([2H])c(-c2c([2H])c([2H])c3c([2H])c([2H])c4c([2H])c([2H])c([2H])c5c([2H])c([2H])c2c3c45)c([2H])c([2H])c1-c1c([2H])c(-c2c([2H])c([2H])c3c([2H])c([2H])c([2H])c([2H])c3c2[2H])c([2H])c(-c2c([2H])c([2H])c3c([2H])c([2H])c4c([2H])c([2H])c([2H])c5c([2H])c([2H])c2c3c45)c1[2H]. The van der Waals surface area contributed by atoms with Crippen molar-refractivity contribution in [3.05, 3.63) is 193 Å². The highest BCUT2D eigenvalue weighted by Gasteiger charge is 2.16. The maximum absolute atomic E-state index is 10.1. The molecular formula is C54H32. The van der Waals surface area contributed by atoms with Crippen molar-refractivity contribution in [1.82, 2.24) is 0 Å². The zero-order valence-electron chi connectivity index (χ0n) is 59.0. The monoisotopic (exact) mass is 712 g/mol. The quantitative estimate of drug-likeness (QED) is 0.159. The van der Waals surface area contributed by atoms with Crippen LogP contribution in [0.4, 0.5) is 0 Å². The van der Waals surface area contributed by atoms with E-state index in [-0.39, 0.29) is 16.2 Å². The molecule has 0 aliphatic carbocycles. The highest BCUT2D eigenvalue weighted by molar-refractivity contribution is 6.26. The molecule has 12 rings (SSSR count). The zero-order valence-corrected chi connectivity index (χ0v) is 27.0. The van der Waals surface area contributed by atoms with Gasteiger partial charge in [0.15, 0.2) is 0 Å². The summed E-state index contributed by atoms with van der Waals surface area (Å²) in [5, 5.41) is -7.00. The molecule has 0 spiro atoms. The van der Waals surface area contributed by atoms with Gasteiger partial charge in [0.2, 0.25) is 0 Å². The molecule has 0 aliphatic heterocycles. The molecule has 0 heterocycles. The van der Waals surface area contributed by atoms with Crippen LogP contribution >= 0.6 is 0 Å². The Bertz CT molecular complexity index is 5220. The maximum Gasteiger partial charge on any atom is 0.0636 e. The normalized spacial score (nSPS) is 20.4. The molecule has 54 heavy (non-hydrogen) atoms. The Balaban J connectivity index is 1.30. The largest absolute Gasteiger partial charge is 0.0636 e. The predicted octanol–water partition coefficient (Wildman–Crippen LogP) is 15.3. The second kappa shape index (κ2) is 11.2. The minimum atomic E-state index is -1.20. The fraction of sp³-hybridized carbons (Fsp3) is 0. The fourth-order valence-electron chi connectivity index (χ4n) is 6.81. The van der Waals surface area contributed by atoms with Crippen LogP contribution in [0.15, 0.2) is 193 Å². The minimum absolute atomic E-state index is 0.314. The molecule has 248 valence electrons. The highest BCUT2D eigenvalue weighted by atomic mass is 14.2. The summed E-state index contributed by atoms with van der Waals surface area (Å²) in [6.45, 7) is 0. The van der Waals surface area contributed by atoms with Crippen molar-refractivity contribution in [2.24, 2.45) is 0 Å². The second-order valence-corrected chi connectivity index (χ2v) is 12.2. The Morgan fingerprint density at radius 2 is 0.611 bits per heavy atom. The molecule has 0 amide bonds. The molecular weight excluding hydrogens is 649 g/mol. The molecule has 0 fully saturated rings. The molecule has 0 N–H and O–H groups in total. The van der Waals surface area contributed by atoms with Gasteiger partial charge in [-0.05, 0) is 144 Å². The molecule has 12 aromatic rings. The average Bonchev–Trinajstić information content (AvgIpc) is 0.698. The van der Waals surface area contributed by atoms with Crippen LogP contribution in [0.25, 0.3) is 120 Å². The van der Waals surface area contributed by atoms with Crippen molar-refractivity contribution in [2.45, 2.75) is 0 Å². The molecule has 0 nitrogen and oxygen atoms in total. The van der Waals surface area contributed by atoms with Gasteiger partial charge in [-0.15, -0.1) is 0 Å². The topological polar surface area (TPSA) is 0 Å². The van der Waals surface area contributed by atoms with Crippen LogP contribution in [-0.2, 0) is 0 Å². The smallest absolute Gasteiger partial charge is 0.0616 e. The average molecular weight is 713 g/mol. The lowest BCUT2D eigenvalue weighted by molar-refractivity contribution is 1.58. The Labute approximate surface area is 357 Å². The number of hydrogen-bond donors (Lipinski definition) is 0. The molecule has 0 atom stereocenters. The predicted molar refractivity (Wildman–Crippen MR) is 233 cm³/mol. The lowest BCUT2D eigenvalue weighted by Gasteiger charge is -2.17. The molecule has 0 saturated carbocycles. The van der Waals surface area contributed by atoms with Crippen LogP contribution < -0.4 is 0 Å². The van der Waals surface area contributed by atoms with Gasteiger partial charge >= 0.3 is 0 Å². The van der Waals surface area contributed by atoms with Crippen molar-refractivity contribution < 1.29 is 43.9 Å². The summed E-state index contributed by atoms with van der Waals surface area (Å²) in [5.74, 6) is 0. The number of benzene rings is 12. The summed E-state index contributed by atoms with van der Waals surface area (Å²) in [5.41, 5.74) is -7.45. The Morgan fingerprint density at radius 1 is 0.222 bits per heavy atom. The zero-order chi connectivity index (χ0) is 63.2. The molecule has 0 heteroatoms. The van der Waals surface area contributed by atoms with Crippen molar-refractivity contribution >= 4 is 75.4 Å².